The van der Waals surface area contributed by atoms with Crippen LogP contribution in [0, 0.1) is 5.82 Å². The lowest BCUT2D eigenvalue weighted by atomic mass is 10.1. The van der Waals surface area contributed by atoms with Crippen LogP contribution in [0.15, 0.2) is 23.0 Å². The molecule has 0 atom stereocenters. The average Bonchev–Trinajstić information content (AvgIpc) is 2.84. The molecule has 0 radical (unpaired) electrons. The second kappa shape index (κ2) is 5.66. The standard InChI is InChI=1S/C12H13FN4OS/c13-9-4-10(14)8(12(15)18)3-11(9)16-2-1-7-5-19-6-17-7/h3-6,16H,1-2,14H2,(H2,15,18). The summed E-state index contributed by atoms with van der Waals surface area (Å²) in [7, 11) is 0. The van der Waals surface area contributed by atoms with Crippen molar-refractivity contribution in [2.45, 2.75) is 6.42 Å². The van der Waals surface area contributed by atoms with Gasteiger partial charge in [0.25, 0.3) is 5.91 Å². The predicted octanol–water partition coefficient (Wildman–Crippen LogP) is 1.62. The fourth-order valence-corrected chi connectivity index (χ4v) is 2.22. The maximum absolute atomic E-state index is 13.7. The van der Waals surface area contributed by atoms with Crippen molar-refractivity contribution >= 4 is 28.6 Å². The Kier molecular flexibility index (Phi) is 3.96. The van der Waals surface area contributed by atoms with E-state index in [0.29, 0.717) is 13.0 Å². The topological polar surface area (TPSA) is 94.0 Å². The molecular weight excluding hydrogens is 267 g/mol. The fraction of sp³-hybridized carbons (Fsp3) is 0.167. The number of thiazole rings is 1. The lowest BCUT2D eigenvalue weighted by Gasteiger charge is -2.10. The smallest absolute Gasteiger partial charge is 0.250 e. The number of nitrogens with zero attached hydrogens (tertiary/aromatic N) is 1. The largest absolute Gasteiger partial charge is 0.398 e. The molecule has 1 aromatic carbocycles. The number of benzene rings is 1. The zero-order chi connectivity index (χ0) is 13.8. The molecule has 5 nitrogen and oxygen atoms in total. The van der Waals surface area contributed by atoms with Crippen molar-refractivity contribution in [2.75, 3.05) is 17.6 Å². The third kappa shape index (κ3) is 3.19. The number of nitrogens with one attached hydrogen (secondary N) is 1. The third-order valence-corrected chi connectivity index (χ3v) is 3.22. The van der Waals surface area contributed by atoms with E-state index >= 15 is 0 Å². The molecule has 2 rings (SSSR count). The van der Waals surface area contributed by atoms with E-state index in [4.69, 9.17) is 11.5 Å². The van der Waals surface area contributed by atoms with Gasteiger partial charge in [-0.3, -0.25) is 4.79 Å². The molecule has 0 spiro atoms. The summed E-state index contributed by atoms with van der Waals surface area (Å²) in [4.78, 5) is 15.2. The van der Waals surface area contributed by atoms with Gasteiger partial charge in [0, 0.05) is 24.0 Å². The van der Waals surface area contributed by atoms with E-state index in [9.17, 15) is 9.18 Å². The van der Waals surface area contributed by atoms with Crippen LogP contribution in [0.2, 0.25) is 0 Å². The molecule has 0 aliphatic carbocycles. The summed E-state index contributed by atoms with van der Waals surface area (Å²) in [5, 5.41) is 4.83. The SMILES string of the molecule is NC(=O)c1cc(NCCc2cscn2)c(F)cc1N. The first-order valence-electron chi connectivity index (χ1n) is 5.57. The van der Waals surface area contributed by atoms with Crippen LogP contribution in [0.1, 0.15) is 16.1 Å². The molecule has 1 aromatic heterocycles. The summed E-state index contributed by atoms with van der Waals surface area (Å²) in [6.07, 6.45) is 0.666. The number of halogens is 1. The van der Waals surface area contributed by atoms with E-state index in [0.717, 1.165) is 11.8 Å². The molecule has 100 valence electrons. The van der Waals surface area contributed by atoms with Crippen molar-refractivity contribution < 1.29 is 9.18 Å². The van der Waals surface area contributed by atoms with Crippen LogP contribution in [0.4, 0.5) is 15.8 Å². The van der Waals surface area contributed by atoms with E-state index < -0.39 is 11.7 Å². The molecular formula is C12H13FN4OS. The number of hydrogen-bond acceptors (Lipinski definition) is 5. The summed E-state index contributed by atoms with van der Waals surface area (Å²) in [6, 6.07) is 2.42. The predicted molar refractivity (Wildman–Crippen MR) is 73.6 cm³/mol. The Labute approximate surface area is 113 Å². The second-order valence-corrected chi connectivity index (χ2v) is 4.66. The fourth-order valence-electron chi connectivity index (χ4n) is 1.62. The maximum Gasteiger partial charge on any atom is 0.250 e. The lowest BCUT2D eigenvalue weighted by Crippen LogP contribution is -2.15. The monoisotopic (exact) mass is 280 g/mol. The van der Waals surface area contributed by atoms with Gasteiger partial charge in [0.05, 0.1) is 22.5 Å². The van der Waals surface area contributed by atoms with Crippen molar-refractivity contribution in [3.63, 3.8) is 0 Å². The molecule has 1 heterocycles. The number of rotatable bonds is 5. The normalized spacial score (nSPS) is 10.4. The zero-order valence-corrected chi connectivity index (χ0v) is 10.8. The van der Waals surface area contributed by atoms with Crippen LogP contribution >= 0.6 is 11.3 Å². The van der Waals surface area contributed by atoms with Crippen molar-refractivity contribution in [3.8, 4) is 0 Å². The number of carbonyl (C=O) groups excluding carboxylic acids is 1. The number of amides is 1. The van der Waals surface area contributed by atoms with E-state index in [-0.39, 0.29) is 16.9 Å². The third-order valence-electron chi connectivity index (χ3n) is 2.58. The van der Waals surface area contributed by atoms with Crippen LogP contribution in [0.5, 0.6) is 0 Å². The molecule has 7 heteroatoms. The van der Waals surface area contributed by atoms with Gasteiger partial charge in [0.15, 0.2) is 0 Å². The summed E-state index contributed by atoms with van der Waals surface area (Å²) < 4.78 is 13.7. The van der Waals surface area contributed by atoms with Gasteiger partial charge in [0.2, 0.25) is 0 Å². The Balaban J connectivity index is 2.07. The highest BCUT2D eigenvalue weighted by Crippen LogP contribution is 2.21. The highest BCUT2D eigenvalue weighted by molar-refractivity contribution is 7.07. The Morgan fingerprint density at radius 2 is 2.26 bits per heavy atom. The van der Waals surface area contributed by atoms with Crippen LogP contribution in [-0.4, -0.2) is 17.4 Å². The Hall–Kier alpha value is -2.15. The highest BCUT2D eigenvalue weighted by Gasteiger charge is 2.11. The van der Waals surface area contributed by atoms with Gasteiger partial charge < -0.3 is 16.8 Å². The van der Waals surface area contributed by atoms with Crippen molar-refractivity contribution in [3.05, 3.63) is 40.1 Å². The summed E-state index contributed by atoms with van der Waals surface area (Å²) in [5.74, 6) is -1.19. The highest BCUT2D eigenvalue weighted by atomic mass is 32.1. The van der Waals surface area contributed by atoms with E-state index in [1.807, 2.05) is 5.38 Å². The number of primary amides is 1. The van der Waals surface area contributed by atoms with Gasteiger partial charge in [0.1, 0.15) is 5.82 Å². The van der Waals surface area contributed by atoms with Gasteiger partial charge in [-0.1, -0.05) is 0 Å². The van der Waals surface area contributed by atoms with E-state index in [1.165, 1.54) is 17.4 Å². The Morgan fingerprint density at radius 1 is 1.47 bits per heavy atom. The molecule has 0 aliphatic heterocycles. The molecule has 0 saturated heterocycles. The molecule has 0 aliphatic rings. The van der Waals surface area contributed by atoms with Crippen molar-refractivity contribution in [1.29, 1.82) is 0 Å². The van der Waals surface area contributed by atoms with E-state index in [1.54, 1.807) is 5.51 Å². The number of anilines is 2. The summed E-state index contributed by atoms with van der Waals surface area (Å²) >= 11 is 1.51. The van der Waals surface area contributed by atoms with Crippen molar-refractivity contribution in [1.82, 2.24) is 4.98 Å². The minimum absolute atomic E-state index is 0.0371. The van der Waals surface area contributed by atoms with Crippen LogP contribution < -0.4 is 16.8 Å². The first kappa shape index (κ1) is 13.3. The first-order chi connectivity index (χ1) is 9.08. The number of aromatic nitrogens is 1. The summed E-state index contributed by atoms with van der Waals surface area (Å²) in [5.41, 5.74) is 13.7. The van der Waals surface area contributed by atoms with Crippen LogP contribution in [0.25, 0.3) is 0 Å². The van der Waals surface area contributed by atoms with Gasteiger partial charge in [-0.25, -0.2) is 9.37 Å². The number of nitrogens with two attached hydrogens (primary N) is 2. The minimum atomic E-state index is -0.681. The zero-order valence-electron chi connectivity index (χ0n) is 10.0. The average molecular weight is 280 g/mol. The summed E-state index contributed by atoms with van der Waals surface area (Å²) in [6.45, 7) is 0.503. The number of nitrogen functional groups attached to an aromatic ring is 1. The molecule has 0 unspecified atom stereocenters. The molecule has 19 heavy (non-hydrogen) atoms. The van der Waals surface area contributed by atoms with Gasteiger partial charge in [-0.2, -0.15) is 0 Å². The van der Waals surface area contributed by atoms with Crippen molar-refractivity contribution in [2.24, 2.45) is 5.73 Å². The lowest BCUT2D eigenvalue weighted by molar-refractivity contribution is 0.100. The molecule has 0 saturated carbocycles. The Bertz CT molecular complexity index is 586. The minimum Gasteiger partial charge on any atom is -0.398 e. The van der Waals surface area contributed by atoms with Crippen LogP contribution in [-0.2, 0) is 6.42 Å². The van der Waals surface area contributed by atoms with Crippen LogP contribution in [0.3, 0.4) is 0 Å². The Morgan fingerprint density at radius 3 is 2.89 bits per heavy atom. The molecule has 2 aromatic rings. The van der Waals surface area contributed by atoms with E-state index in [2.05, 4.69) is 10.3 Å². The molecule has 1 amide bonds. The quantitative estimate of drug-likeness (QED) is 0.725. The number of hydrogen-bond donors (Lipinski definition) is 3. The first-order valence-corrected chi connectivity index (χ1v) is 6.52. The van der Waals surface area contributed by atoms with Gasteiger partial charge in [-0.15, -0.1) is 11.3 Å². The van der Waals surface area contributed by atoms with Gasteiger partial charge in [-0.05, 0) is 12.1 Å². The van der Waals surface area contributed by atoms with Gasteiger partial charge >= 0.3 is 0 Å². The molecule has 0 fully saturated rings. The second-order valence-electron chi connectivity index (χ2n) is 3.94. The number of carbonyl (C=O) groups is 1. The molecule has 5 N–H and O–H groups in total. The maximum atomic E-state index is 13.7. The molecule has 0 bridgehead atoms.